The van der Waals surface area contributed by atoms with Crippen LogP contribution in [0.2, 0.25) is 0 Å². The van der Waals surface area contributed by atoms with Crippen molar-refractivity contribution in [1.29, 1.82) is 0 Å². The molecule has 0 bridgehead atoms. The molecule has 59 heavy (non-hydrogen) atoms. The summed E-state index contributed by atoms with van der Waals surface area (Å²) in [7, 11) is 4.90. The maximum Gasteiger partial charge on any atom is 0.414 e. The van der Waals surface area contributed by atoms with Gasteiger partial charge in [0.05, 0.1) is 36.7 Å². The minimum atomic E-state index is -1.46. The van der Waals surface area contributed by atoms with E-state index < -0.39 is 24.3 Å². The molecule has 2 aliphatic heterocycles. The SMILES string of the molecule is COc1cc2c(cc1OCCCC(=O)Nc1cc(C(=O)Nc3ccc(-c4cc(C(=O)Nc5ccccc5)n(C)c4)cc3)n(C)c1)N(C(=O)O)[C@@H](O)C1CCCCN1C2=O. The fraction of sp³-hybridized carbons (Fsp3) is 0.279. The number of carboxylic acid groups (broad SMARTS) is 1. The lowest BCUT2D eigenvalue weighted by atomic mass is 10.0. The molecule has 16 heteroatoms. The van der Waals surface area contributed by atoms with E-state index in [2.05, 4.69) is 16.0 Å². The Labute approximate surface area is 339 Å². The number of ether oxygens (including phenoxy) is 2. The predicted octanol–water partition coefficient (Wildman–Crippen LogP) is 6.15. The Balaban J connectivity index is 0.925. The molecule has 1 unspecified atom stereocenters. The van der Waals surface area contributed by atoms with Gasteiger partial charge in [0.2, 0.25) is 5.91 Å². The van der Waals surface area contributed by atoms with Crippen molar-refractivity contribution in [2.75, 3.05) is 41.1 Å². The summed E-state index contributed by atoms with van der Waals surface area (Å²) < 4.78 is 14.8. The van der Waals surface area contributed by atoms with Crippen LogP contribution in [0.5, 0.6) is 11.5 Å². The second-order valence-electron chi connectivity index (χ2n) is 14.4. The van der Waals surface area contributed by atoms with Crippen molar-refractivity contribution >= 4 is 52.5 Å². The van der Waals surface area contributed by atoms with Crippen LogP contribution in [0, 0.1) is 0 Å². The van der Waals surface area contributed by atoms with Gasteiger partial charge in [-0.25, -0.2) is 9.69 Å². The second-order valence-corrected chi connectivity index (χ2v) is 14.4. The van der Waals surface area contributed by atoms with Crippen LogP contribution < -0.4 is 30.3 Å². The summed E-state index contributed by atoms with van der Waals surface area (Å²) in [5.41, 5.74) is 4.27. The first-order chi connectivity index (χ1) is 28.4. The number of para-hydroxylation sites is 1. The normalized spacial score (nSPS) is 16.0. The highest BCUT2D eigenvalue weighted by Crippen LogP contribution is 2.41. The Morgan fingerprint density at radius 3 is 2.15 bits per heavy atom. The Hall–Kier alpha value is -7.07. The van der Waals surface area contributed by atoms with E-state index >= 15 is 0 Å². The number of nitrogens with zero attached hydrogens (tertiary/aromatic N) is 4. The maximum absolute atomic E-state index is 13.5. The van der Waals surface area contributed by atoms with Gasteiger partial charge < -0.3 is 49.7 Å². The minimum Gasteiger partial charge on any atom is -0.493 e. The number of aliphatic hydroxyl groups excluding tert-OH is 1. The van der Waals surface area contributed by atoms with E-state index in [1.54, 1.807) is 47.6 Å². The number of carbonyl (C=O) groups excluding carboxylic acids is 4. The highest BCUT2D eigenvalue weighted by molar-refractivity contribution is 6.07. The summed E-state index contributed by atoms with van der Waals surface area (Å²) in [6.45, 7) is 0.455. The van der Waals surface area contributed by atoms with E-state index in [0.717, 1.165) is 28.9 Å². The largest absolute Gasteiger partial charge is 0.493 e. The molecule has 0 aliphatic carbocycles. The molecule has 1 saturated heterocycles. The molecule has 5 N–H and O–H groups in total. The van der Waals surface area contributed by atoms with E-state index in [0.29, 0.717) is 41.4 Å². The monoisotopic (exact) mass is 803 g/mol. The summed E-state index contributed by atoms with van der Waals surface area (Å²) in [6.07, 6.45) is 2.93. The van der Waals surface area contributed by atoms with Crippen LogP contribution in [0.1, 0.15) is 63.4 Å². The Morgan fingerprint density at radius 1 is 0.780 bits per heavy atom. The average Bonchev–Trinajstić information content (AvgIpc) is 3.78. The fourth-order valence-electron chi connectivity index (χ4n) is 7.50. The van der Waals surface area contributed by atoms with Crippen LogP contribution >= 0.6 is 0 Å². The zero-order chi connectivity index (χ0) is 41.8. The van der Waals surface area contributed by atoms with E-state index in [9.17, 15) is 34.2 Å². The quantitative estimate of drug-likeness (QED) is 0.0919. The van der Waals surface area contributed by atoms with Gasteiger partial charge in [-0.2, -0.15) is 0 Å². The molecule has 7 rings (SSSR count). The Kier molecular flexibility index (Phi) is 11.7. The number of nitrogens with one attached hydrogen (secondary N) is 3. The number of hydrogen-bond donors (Lipinski definition) is 5. The number of hydrogen-bond acceptors (Lipinski definition) is 8. The summed E-state index contributed by atoms with van der Waals surface area (Å²) in [5.74, 6) is -0.957. The van der Waals surface area contributed by atoms with E-state index in [4.69, 9.17) is 9.47 Å². The number of aromatic nitrogens is 2. The molecule has 2 atom stereocenters. The third kappa shape index (κ3) is 8.62. The maximum atomic E-state index is 13.5. The molecular formula is C43H45N7O9. The average molecular weight is 804 g/mol. The molecule has 5 amide bonds. The van der Waals surface area contributed by atoms with Crippen LogP contribution in [-0.4, -0.2) is 86.5 Å². The van der Waals surface area contributed by atoms with Gasteiger partial charge in [0.25, 0.3) is 17.7 Å². The lowest BCUT2D eigenvalue weighted by Gasteiger charge is -2.38. The lowest BCUT2D eigenvalue weighted by molar-refractivity contribution is -0.116. The van der Waals surface area contributed by atoms with Crippen molar-refractivity contribution in [3.05, 3.63) is 108 Å². The smallest absolute Gasteiger partial charge is 0.414 e. The van der Waals surface area contributed by atoms with Gasteiger partial charge in [-0.05, 0) is 73.7 Å². The van der Waals surface area contributed by atoms with Crippen molar-refractivity contribution in [2.45, 2.75) is 44.4 Å². The molecule has 1 fully saturated rings. The van der Waals surface area contributed by atoms with Crippen LogP contribution in [0.4, 0.5) is 27.5 Å². The van der Waals surface area contributed by atoms with Crippen LogP contribution in [-0.2, 0) is 18.9 Å². The van der Waals surface area contributed by atoms with E-state index in [-0.39, 0.29) is 59.9 Å². The number of fused-ring (bicyclic) bond motifs is 2. The minimum absolute atomic E-state index is 0.00780. The number of amides is 5. The van der Waals surface area contributed by atoms with E-state index in [1.807, 2.05) is 54.7 Å². The first-order valence-electron chi connectivity index (χ1n) is 19.2. The Morgan fingerprint density at radius 2 is 1.46 bits per heavy atom. The molecule has 4 heterocycles. The van der Waals surface area contributed by atoms with Crippen LogP contribution in [0.25, 0.3) is 11.1 Å². The molecule has 2 aromatic heterocycles. The molecule has 0 radical (unpaired) electrons. The highest BCUT2D eigenvalue weighted by atomic mass is 16.5. The van der Waals surface area contributed by atoms with Gasteiger partial charge in [-0.3, -0.25) is 19.2 Å². The third-order valence-corrected chi connectivity index (χ3v) is 10.5. The van der Waals surface area contributed by atoms with Gasteiger partial charge in [0.1, 0.15) is 11.4 Å². The second kappa shape index (κ2) is 17.2. The third-order valence-electron chi connectivity index (χ3n) is 10.5. The number of methoxy groups -OCH3 is 1. The van der Waals surface area contributed by atoms with Gasteiger partial charge in [-0.1, -0.05) is 30.3 Å². The zero-order valence-corrected chi connectivity index (χ0v) is 32.8. The molecule has 3 aromatic carbocycles. The first kappa shape index (κ1) is 40.1. The van der Waals surface area contributed by atoms with E-state index in [1.165, 1.54) is 24.1 Å². The number of carbonyl (C=O) groups is 5. The highest BCUT2D eigenvalue weighted by Gasteiger charge is 2.43. The molecule has 306 valence electrons. The van der Waals surface area contributed by atoms with Crippen LogP contribution in [0.3, 0.4) is 0 Å². The number of benzene rings is 3. The molecular weight excluding hydrogens is 759 g/mol. The molecule has 2 aliphatic rings. The summed E-state index contributed by atoms with van der Waals surface area (Å²) >= 11 is 0. The number of piperidine rings is 1. The zero-order valence-electron chi connectivity index (χ0n) is 32.8. The topological polar surface area (TPSA) is 197 Å². The first-order valence-corrected chi connectivity index (χ1v) is 19.2. The number of aryl methyl sites for hydroxylation is 2. The fourth-order valence-corrected chi connectivity index (χ4v) is 7.50. The lowest BCUT2D eigenvalue weighted by Crippen LogP contribution is -2.54. The van der Waals surface area contributed by atoms with Crippen LogP contribution in [0.15, 0.2) is 91.3 Å². The number of anilines is 4. The van der Waals surface area contributed by atoms with Gasteiger partial charge in [0, 0.05) is 62.5 Å². The number of aliphatic hydroxyl groups is 1. The van der Waals surface area contributed by atoms with Crippen molar-refractivity contribution in [2.24, 2.45) is 14.1 Å². The molecule has 0 saturated carbocycles. The van der Waals surface area contributed by atoms with Crippen molar-refractivity contribution in [1.82, 2.24) is 14.0 Å². The summed E-state index contributed by atoms with van der Waals surface area (Å²) in [5, 5.41) is 29.8. The standard InChI is InChI=1S/C43H45N7O9/c1-47-24-27(20-34(47)39(52)45-28-10-5-4-6-11-28)26-14-16-29(17-15-26)46-40(53)35-21-30(25-48(35)2)44-38(51)13-9-19-59-37-23-33-31(22-36(37)58-3)41(54)49-18-8-7-12-32(49)42(55)50(33)43(56)57/h4-6,10-11,14-17,20-25,32,42,55H,7-9,12-13,18-19H2,1-3H3,(H,44,51)(H,45,52)(H,46,53)(H,56,57)/t32?,42-/m0/s1. The Bertz CT molecular complexity index is 2390. The molecule has 0 spiro atoms. The summed E-state index contributed by atoms with van der Waals surface area (Å²) in [6, 6.07) is 22.0. The van der Waals surface area contributed by atoms with Gasteiger partial charge >= 0.3 is 6.09 Å². The van der Waals surface area contributed by atoms with Crippen molar-refractivity contribution in [3.63, 3.8) is 0 Å². The predicted molar refractivity (Wildman–Crippen MR) is 220 cm³/mol. The van der Waals surface area contributed by atoms with Gasteiger partial charge in [-0.15, -0.1) is 0 Å². The molecule has 16 nitrogen and oxygen atoms in total. The van der Waals surface area contributed by atoms with Crippen molar-refractivity contribution < 1.29 is 43.7 Å². The van der Waals surface area contributed by atoms with Crippen molar-refractivity contribution in [3.8, 4) is 22.6 Å². The molecule has 5 aromatic rings. The van der Waals surface area contributed by atoms with Gasteiger partial charge in [0.15, 0.2) is 17.7 Å². The summed E-state index contributed by atoms with van der Waals surface area (Å²) in [4.78, 5) is 67.2. The number of rotatable bonds is 12.